The van der Waals surface area contributed by atoms with E-state index in [4.69, 9.17) is 10.5 Å². The summed E-state index contributed by atoms with van der Waals surface area (Å²) in [5, 5.41) is 0.915. The van der Waals surface area contributed by atoms with Crippen LogP contribution in [0.1, 0.15) is 44.6 Å². The molecule has 1 unspecified atom stereocenters. The monoisotopic (exact) mass is 522 g/mol. The number of hydrogen-bond donors (Lipinski definition) is 1. The summed E-state index contributed by atoms with van der Waals surface area (Å²) >= 11 is 0. The van der Waals surface area contributed by atoms with E-state index in [-0.39, 0.29) is 0 Å². The number of benzene rings is 2. The summed E-state index contributed by atoms with van der Waals surface area (Å²) in [5.41, 5.74) is 9.45. The lowest BCUT2D eigenvalue weighted by Crippen LogP contribution is -2.55. The fourth-order valence-corrected chi connectivity index (χ4v) is 6.85. The molecular weight excluding hydrogens is 488 g/mol. The molecule has 8 nitrogen and oxygen atoms in total. The number of aromatic nitrogens is 3. The predicted octanol–water partition coefficient (Wildman–Crippen LogP) is 5.26. The molecule has 2 aromatic carbocycles. The summed E-state index contributed by atoms with van der Waals surface area (Å²) in [6.07, 6.45) is 10.1. The van der Waals surface area contributed by atoms with E-state index in [2.05, 4.69) is 42.7 Å². The number of carbonyl (C=O) groups excluding carboxylic acids is 1. The summed E-state index contributed by atoms with van der Waals surface area (Å²) in [7, 11) is 0. The Bertz CT molecular complexity index is 1480. The maximum Gasteiger partial charge on any atom is 0.222 e. The maximum absolute atomic E-state index is 12.1. The Kier molecular flexibility index (Phi) is 6.19. The number of para-hydroxylation sites is 1. The van der Waals surface area contributed by atoms with E-state index in [9.17, 15) is 4.79 Å². The van der Waals surface area contributed by atoms with Gasteiger partial charge >= 0.3 is 0 Å². The lowest BCUT2D eigenvalue weighted by atomic mass is 9.89. The van der Waals surface area contributed by atoms with Gasteiger partial charge in [-0.15, -0.1) is 0 Å². The lowest BCUT2D eigenvalue weighted by Gasteiger charge is -2.44. The zero-order valence-electron chi connectivity index (χ0n) is 22.1. The minimum Gasteiger partial charge on any atom is -0.457 e. The van der Waals surface area contributed by atoms with Crippen molar-refractivity contribution in [3.8, 4) is 22.6 Å². The minimum atomic E-state index is 0.346. The molecule has 2 saturated heterocycles. The van der Waals surface area contributed by atoms with Crippen molar-refractivity contribution in [2.45, 2.75) is 56.7 Å². The standard InChI is InChI=1S/C31H34N6O2/c32-30-29-27(21-6-13-26(14-7-21)39-25-4-2-1-3-5-25)19-37(31(29)34-20-33-30)23-10-8-22(9-11-23)35-16-17-36-24(18-35)12-15-28(36)38/h1-7,13-14,19-20,22-24H,8-12,15-18H2,(H2,32,33,34)/t22-,23-,24?. The average Bonchev–Trinajstić information content (AvgIpc) is 3.55. The van der Waals surface area contributed by atoms with Crippen LogP contribution in [0.5, 0.6) is 11.5 Å². The van der Waals surface area contributed by atoms with Crippen molar-refractivity contribution in [2.75, 3.05) is 25.4 Å². The molecule has 2 aromatic heterocycles. The molecule has 3 fully saturated rings. The van der Waals surface area contributed by atoms with E-state index in [1.165, 1.54) is 0 Å². The average molecular weight is 523 g/mol. The summed E-state index contributed by atoms with van der Waals surface area (Å²) in [6.45, 7) is 2.92. The number of carbonyl (C=O) groups is 1. The van der Waals surface area contributed by atoms with Gasteiger partial charge in [0.1, 0.15) is 29.3 Å². The van der Waals surface area contributed by atoms with Crippen molar-refractivity contribution in [1.82, 2.24) is 24.3 Å². The van der Waals surface area contributed by atoms with Crippen LogP contribution < -0.4 is 10.5 Å². The third-order valence-corrected chi connectivity index (χ3v) is 8.88. The third kappa shape index (κ3) is 4.52. The van der Waals surface area contributed by atoms with Gasteiger partial charge in [0.25, 0.3) is 0 Å². The second-order valence-corrected chi connectivity index (χ2v) is 11.1. The maximum atomic E-state index is 12.1. The van der Waals surface area contributed by atoms with Crippen molar-refractivity contribution in [3.05, 3.63) is 67.1 Å². The van der Waals surface area contributed by atoms with Gasteiger partial charge in [-0.3, -0.25) is 9.69 Å². The van der Waals surface area contributed by atoms with E-state index in [0.717, 1.165) is 91.8 Å². The van der Waals surface area contributed by atoms with Gasteiger partial charge in [0.15, 0.2) is 0 Å². The highest BCUT2D eigenvalue weighted by molar-refractivity contribution is 6.00. The number of ether oxygens (including phenoxy) is 1. The van der Waals surface area contributed by atoms with E-state index >= 15 is 0 Å². The molecule has 1 atom stereocenters. The second kappa shape index (κ2) is 10.0. The lowest BCUT2D eigenvalue weighted by molar-refractivity contribution is -0.131. The molecule has 8 heteroatoms. The van der Waals surface area contributed by atoms with Crippen molar-refractivity contribution in [1.29, 1.82) is 0 Å². The van der Waals surface area contributed by atoms with Crippen LogP contribution in [0.15, 0.2) is 67.1 Å². The second-order valence-electron chi connectivity index (χ2n) is 11.1. The fourth-order valence-electron chi connectivity index (χ4n) is 6.85. The molecule has 200 valence electrons. The van der Waals surface area contributed by atoms with Crippen molar-refractivity contribution < 1.29 is 9.53 Å². The predicted molar refractivity (Wildman–Crippen MR) is 151 cm³/mol. The number of hydrogen-bond acceptors (Lipinski definition) is 6. The molecular formula is C31H34N6O2. The zero-order chi connectivity index (χ0) is 26.3. The molecule has 1 amide bonds. The Hall–Kier alpha value is -3.91. The van der Waals surface area contributed by atoms with Crippen LogP contribution in [0, 0.1) is 0 Å². The highest BCUT2D eigenvalue weighted by Gasteiger charge is 2.38. The molecule has 0 spiro atoms. The molecule has 2 aliphatic heterocycles. The van der Waals surface area contributed by atoms with Gasteiger partial charge in [0, 0.05) is 55.9 Å². The Morgan fingerprint density at radius 2 is 1.56 bits per heavy atom. The summed E-state index contributed by atoms with van der Waals surface area (Å²) in [6, 6.07) is 19.3. The van der Waals surface area contributed by atoms with E-state index in [0.29, 0.717) is 29.9 Å². The van der Waals surface area contributed by atoms with Crippen molar-refractivity contribution in [3.63, 3.8) is 0 Å². The van der Waals surface area contributed by atoms with Gasteiger partial charge in [0.05, 0.1) is 5.39 Å². The van der Waals surface area contributed by atoms with Gasteiger partial charge in [0.2, 0.25) is 5.91 Å². The van der Waals surface area contributed by atoms with E-state index < -0.39 is 0 Å². The normalized spacial score (nSPS) is 23.7. The third-order valence-electron chi connectivity index (χ3n) is 8.88. The highest BCUT2D eigenvalue weighted by Crippen LogP contribution is 2.40. The summed E-state index contributed by atoms with van der Waals surface area (Å²) in [5.74, 6) is 2.46. The number of amides is 1. The molecule has 1 saturated carbocycles. The van der Waals surface area contributed by atoms with Gasteiger partial charge in [-0.1, -0.05) is 30.3 Å². The Morgan fingerprint density at radius 3 is 2.36 bits per heavy atom. The Labute approximate surface area is 228 Å². The number of rotatable bonds is 5. The Balaban J connectivity index is 1.10. The van der Waals surface area contributed by atoms with Gasteiger partial charge in [-0.25, -0.2) is 9.97 Å². The molecule has 7 rings (SSSR count). The molecule has 4 heterocycles. The number of piperazine rings is 1. The van der Waals surface area contributed by atoms with Crippen molar-refractivity contribution in [2.24, 2.45) is 0 Å². The first-order valence-electron chi connectivity index (χ1n) is 14.1. The minimum absolute atomic E-state index is 0.346. The molecule has 4 aromatic rings. The quantitative estimate of drug-likeness (QED) is 0.384. The van der Waals surface area contributed by atoms with Crippen LogP contribution in [0.25, 0.3) is 22.2 Å². The zero-order valence-corrected chi connectivity index (χ0v) is 22.1. The van der Waals surface area contributed by atoms with Crippen LogP contribution in [0.4, 0.5) is 5.82 Å². The number of fused-ring (bicyclic) bond motifs is 2. The number of anilines is 1. The van der Waals surface area contributed by atoms with Crippen LogP contribution in [0.3, 0.4) is 0 Å². The van der Waals surface area contributed by atoms with Crippen LogP contribution >= 0.6 is 0 Å². The molecule has 2 N–H and O–H groups in total. The summed E-state index contributed by atoms with van der Waals surface area (Å²) in [4.78, 5) is 25.9. The first-order chi connectivity index (χ1) is 19.1. The molecule has 3 aliphatic rings. The Morgan fingerprint density at radius 1 is 0.821 bits per heavy atom. The van der Waals surface area contributed by atoms with Crippen LogP contribution in [-0.2, 0) is 4.79 Å². The number of nitrogen functional groups attached to an aromatic ring is 1. The molecule has 39 heavy (non-hydrogen) atoms. The number of nitrogens with zero attached hydrogens (tertiary/aromatic N) is 5. The van der Waals surface area contributed by atoms with Gasteiger partial charge < -0.3 is 19.9 Å². The number of nitrogens with two attached hydrogens (primary N) is 1. The molecule has 0 radical (unpaired) electrons. The topological polar surface area (TPSA) is 89.5 Å². The molecule has 1 aliphatic carbocycles. The smallest absolute Gasteiger partial charge is 0.222 e. The summed E-state index contributed by atoms with van der Waals surface area (Å²) < 4.78 is 8.33. The van der Waals surface area contributed by atoms with Gasteiger partial charge in [-0.05, 0) is 61.9 Å². The van der Waals surface area contributed by atoms with Crippen molar-refractivity contribution >= 4 is 22.8 Å². The SMILES string of the molecule is Nc1ncnc2c1c(-c1ccc(Oc3ccccc3)cc1)cn2[C@H]1CC[C@H](N2CCN3C(=O)CCC3C2)CC1. The first-order valence-corrected chi connectivity index (χ1v) is 14.1. The highest BCUT2D eigenvalue weighted by atomic mass is 16.5. The van der Waals surface area contributed by atoms with E-state index in [1.807, 2.05) is 42.5 Å². The molecule has 0 bridgehead atoms. The van der Waals surface area contributed by atoms with E-state index in [1.54, 1.807) is 6.33 Å². The fraction of sp³-hybridized carbons (Fsp3) is 0.387. The van der Waals surface area contributed by atoms with Crippen LogP contribution in [0.2, 0.25) is 0 Å². The van der Waals surface area contributed by atoms with Crippen LogP contribution in [-0.4, -0.2) is 62.0 Å². The first kappa shape index (κ1) is 24.2. The largest absolute Gasteiger partial charge is 0.457 e. The van der Waals surface area contributed by atoms with Gasteiger partial charge in [-0.2, -0.15) is 0 Å².